The summed E-state index contributed by atoms with van der Waals surface area (Å²) in [7, 11) is 0. The van der Waals surface area contributed by atoms with Crippen molar-refractivity contribution < 1.29 is 4.42 Å². The van der Waals surface area contributed by atoms with E-state index in [0.29, 0.717) is 0 Å². The molecule has 10 rings (SSSR count). The van der Waals surface area contributed by atoms with Crippen molar-refractivity contribution in [1.29, 1.82) is 0 Å². The maximum absolute atomic E-state index is 6.50. The predicted octanol–water partition coefficient (Wildman–Crippen LogP) is 13.2. The van der Waals surface area contributed by atoms with Crippen LogP contribution in [0.25, 0.3) is 98.8 Å². The monoisotopic (exact) mass is 596 g/mol. The number of para-hydroxylation sites is 1. The fourth-order valence-electron chi connectivity index (χ4n) is 7.59. The Labute approximate surface area is 272 Å². The minimum Gasteiger partial charge on any atom is -0.455 e. The van der Waals surface area contributed by atoms with Gasteiger partial charge in [-0.05, 0) is 83.4 Å². The zero-order valence-corrected chi connectivity index (χ0v) is 25.6. The van der Waals surface area contributed by atoms with Gasteiger partial charge in [0.1, 0.15) is 11.2 Å². The zero-order valence-electron chi connectivity index (χ0n) is 25.6. The molecule has 218 valence electrons. The van der Waals surface area contributed by atoms with Gasteiger partial charge in [0.2, 0.25) is 0 Å². The van der Waals surface area contributed by atoms with E-state index in [4.69, 9.17) is 4.42 Å². The van der Waals surface area contributed by atoms with Gasteiger partial charge >= 0.3 is 0 Å². The van der Waals surface area contributed by atoms with Gasteiger partial charge in [0.15, 0.2) is 0 Å². The molecule has 1 heteroatoms. The zero-order chi connectivity index (χ0) is 30.9. The SMILES string of the molecule is c1ccc(-c2ccc(-c3ccc4ccc5c(-c6ccc7oc8c(-c9ccccc9)cccc8c7c6)ccc6ccc3c4c65)cc2)cc1. The fourth-order valence-corrected chi connectivity index (χ4v) is 7.59. The summed E-state index contributed by atoms with van der Waals surface area (Å²) in [5, 5.41) is 10.0. The van der Waals surface area contributed by atoms with Gasteiger partial charge in [-0.2, -0.15) is 0 Å². The molecule has 0 unspecified atom stereocenters. The Hall–Kier alpha value is -6.18. The van der Waals surface area contributed by atoms with Crippen molar-refractivity contribution in [2.45, 2.75) is 0 Å². The van der Waals surface area contributed by atoms with Crippen molar-refractivity contribution in [3.63, 3.8) is 0 Å². The first-order valence-electron chi connectivity index (χ1n) is 16.2. The molecule has 0 saturated heterocycles. The third-order valence-corrected chi connectivity index (χ3v) is 9.86. The third kappa shape index (κ3) is 4.03. The molecule has 1 nitrogen and oxygen atoms in total. The number of hydrogen-bond donors (Lipinski definition) is 0. The van der Waals surface area contributed by atoms with E-state index in [-0.39, 0.29) is 0 Å². The molecule has 0 aliphatic rings. The molecule has 0 amide bonds. The number of hydrogen-bond acceptors (Lipinski definition) is 1. The second-order valence-corrected chi connectivity index (χ2v) is 12.5. The highest BCUT2D eigenvalue weighted by atomic mass is 16.3. The van der Waals surface area contributed by atoms with E-state index in [9.17, 15) is 0 Å². The molecule has 1 aromatic heterocycles. The maximum Gasteiger partial charge on any atom is 0.143 e. The summed E-state index contributed by atoms with van der Waals surface area (Å²) in [6.07, 6.45) is 0. The first-order chi connectivity index (χ1) is 23.3. The smallest absolute Gasteiger partial charge is 0.143 e. The Morgan fingerprint density at radius 2 is 0.830 bits per heavy atom. The highest BCUT2D eigenvalue weighted by molar-refractivity contribution is 6.27. The molecule has 0 aliphatic heterocycles. The van der Waals surface area contributed by atoms with Gasteiger partial charge in [0, 0.05) is 16.3 Å². The highest BCUT2D eigenvalue weighted by Gasteiger charge is 2.17. The van der Waals surface area contributed by atoms with Gasteiger partial charge in [-0.15, -0.1) is 0 Å². The Balaban J connectivity index is 1.14. The van der Waals surface area contributed by atoms with Gasteiger partial charge in [-0.1, -0.05) is 158 Å². The Morgan fingerprint density at radius 3 is 1.51 bits per heavy atom. The second kappa shape index (κ2) is 10.2. The molecule has 0 aliphatic carbocycles. The van der Waals surface area contributed by atoms with Crippen LogP contribution in [0.15, 0.2) is 174 Å². The van der Waals surface area contributed by atoms with Crippen LogP contribution < -0.4 is 0 Å². The van der Waals surface area contributed by atoms with Crippen molar-refractivity contribution in [3.05, 3.63) is 170 Å². The lowest BCUT2D eigenvalue weighted by Crippen LogP contribution is -1.89. The number of benzene rings is 9. The highest BCUT2D eigenvalue weighted by Crippen LogP contribution is 2.44. The van der Waals surface area contributed by atoms with Crippen LogP contribution in [0.1, 0.15) is 0 Å². The molecular weight excluding hydrogens is 569 g/mol. The summed E-state index contributed by atoms with van der Waals surface area (Å²) in [4.78, 5) is 0. The average Bonchev–Trinajstić information content (AvgIpc) is 3.53. The fraction of sp³-hybridized carbons (Fsp3) is 0. The van der Waals surface area contributed by atoms with Crippen LogP contribution in [0.2, 0.25) is 0 Å². The van der Waals surface area contributed by atoms with Crippen molar-refractivity contribution in [2.75, 3.05) is 0 Å². The van der Waals surface area contributed by atoms with Gasteiger partial charge in [-0.3, -0.25) is 0 Å². The van der Waals surface area contributed by atoms with Crippen molar-refractivity contribution in [1.82, 2.24) is 0 Å². The summed E-state index contributed by atoms with van der Waals surface area (Å²) >= 11 is 0. The first-order valence-corrected chi connectivity index (χ1v) is 16.2. The Morgan fingerprint density at radius 1 is 0.298 bits per heavy atom. The molecule has 10 aromatic rings. The van der Waals surface area contributed by atoms with Crippen LogP contribution in [0.4, 0.5) is 0 Å². The minimum atomic E-state index is 0.910. The number of fused-ring (bicyclic) bond motifs is 3. The van der Waals surface area contributed by atoms with E-state index in [1.807, 2.05) is 0 Å². The van der Waals surface area contributed by atoms with E-state index in [2.05, 4.69) is 170 Å². The van der Waals surface area contributed by atoms with Crippen molar-refractivity contribution in [2.24, 2.45) is 0 Å². The number of furan rings is 1. The summed E-state index contributed by atoms with van der Waals surface area (Å²) in [5.74, 6) is 0. The van der Waals surface area contributed by atoms with E-state index in [1.165, 1.54) is 65.7 Å². The maximum atomic E-state index is 6.50. The number of rotatable bonds is 4. The largest absolute Gasteiger partial charge is 0.455 e. The van der Waals surface area contributed by atoms with Crippen molar-refractivity contribution >= 4 is 54.3 Å². The average molecular weight is 597 g/mol. The first kappa shape index (κ1) is 26.1. The van der Waals surface area contributed by atoms with Gasteiger partial charge in [0.25, 0.3) is 0 Å². The summed E-state index contributed by atoms with van der Waals surface area (Å²) in [5.41, 5.74) is 11.5. The minimum absolute atomic E-state index is 0.910. The molecule has 1 heterocycles. The molecule has 9 aromatic carbocycles. The van der Waals surface area contributed by atoms with Crippen LogP contribution in [0.5, 0.6) is 0 Å². The van der Waals surface area contributed by atoms with Crippen molar-refractivity contribution in [3.8, 4) is 44.5 Å². The van der Waals surface area contributed by atoms with Gasteiger partial charge < -0.3 is 4.42 Å². The van der Waals surface area contributed by atoms with E-state index in [0.717, 1.165) is 33.1 Å². The molecule has 0 radical (unpaired) electrons. The third-order valence-electron chi connectivity index (χ3n) is 9.86. The molecule has 0 saturated carbocycles. The Kier molecular flexibility index (Phi) is 5.64. The molecule has 0 fully saturated rings. The van der Waals surface area contributed by atoms with Crippen LogP contribution in [0, 0.1) is 0 Å². The summed E-state index contributed by atoms with van der Waals surface area (Å²) < 4.78 is 6.50. The van der Waals surface area contributed by atoms with Crippen LogP contribution in [-0.2, 0) is 0 Å². The van der Waals surface area contributed by atoms with Gasteiger partial charge in [-0.25, -0.2) is 0 Å². The lowest BCUT2D eigenvalue weighted by atomic mass is 9.87. The quantitative estimate of drug-likeness (QED) is 0.184. The molecule has 0 bridgehead atoms. The van der Waals surface area contributed by atoms with Crippen LogP contribution in [0.3, 0.4) is 0 Å². The molecule has 0 N–H and O–H groups in total. The molecule has 47 heavy (non-hydrogen) atoms. The van der Waals surface area contributed by atoms with E-state index >= 15 is 0 Å². The normalized spacial score (nSPS) is 11.8. The Bertz CT molecular complexity index is 2750. The summed E-state index contributed by atoms with van der Waals surface area (Å²) in [6.45, 7) is 0. The van der Waals surface area contributed by atoms with Gasteiger partial charge in [0.05, 0.1) is 0 Å². The van der Waals surface area contributed by atoms with Crippen LogP contribution >= 0.6 is 0 Å². The van der Waals surface area contributed by atoms with E-state index in [1.54, 1.807) is 0 Å². The topological polar surface area (TPSA) is 13.1 Å². The summed E-state index contributed by atoms with van der Waals surface area (Å²) in [6, 6.07) is 61.5. The van der Waals surface area contributed by atoms with E-state index < -0.39 is 0 Å². The lowest BCUT2D eigenvalue weighted by molar-refractivity contribution is 0.670. The molecular formula is C46H28O. The molecule has 0 atom stereocenters. The standard InChI is InChI=1S/C46H28O/c1-3-8-29(9-4-1)30-14-16-32(17-15-30)36-23-18-33-21-26-40-37(24-19-34-20-25-39(36)44(33)45(34)40)35-22-27-43-42(28-35)41-13-7-12-38(46(41)47-43)31-10-5-2-6-11-31/h1-28H. The predicted molar refractivity (Wildman–Crippen MR) is 199 cm³/mol. The molecule has 0 spiro atoms. The second-order valence-electron chi connectivity index (χ2n) is 12.5. The van der Waals surface area contributed by atoms with Crippen LogP contribution in [-0.4, -0.2) is 0 Å². The lowest BCUT2D eigenvalue weighted by Gasteiger charge is -2.17.